The summed E-state index contributed by atoms with van der Waals surface area (Å²) in [6.07, 6.45) is 1.79. The monoisotopic (exact) mass is 429 g/mol. The first-order valence-electron chi connectivity index (χ1n) is 9.63. The van der Waals surface area contributed by atoms with Gasteiger partial charge in [-0.25, -0.2) is 13.1 Å². The Morgan fingerprint density at radius 3 is 2.47 bits per heavy atom. The van der Waals surface area contributed by atoms with Gasteiger partial charge in [-0.1, -0.05) is 18.2 Å². The summed E-state index contributed by atoms with van der Waals surface area (Å²) in [7, 11) is -1.79. The number of nitrogens with zero attached hydrogens (tertiary/aromatic N) is 1. The highest BCUT2D eigenvalue weighted by Crippen LogP contribution is 2.32. The number of fused-ring (bicyclic) bond motifs is 2. The summed E-state index contributed by atoms with van der Waals surface area (Å²) in [6, 6.07) is 11.8. The highest BCUT2D eigenvalue weighted by Gasteiger charge is 2.40. The van der Waals surface area contributed by atoms with Crippen molar-refractivity contribution in [3.63, 3.8) is 0 Å². The molecule has 0 bridgehead atoms. The lowest BCUT2D eigenvalue weighted by Crippen LogP contribution is -2.54. The van der Waals surface area contributed by atoms with E-state index in [1.807, 2.05) is 30.3 Å². The van der Waals surface area contributed by atoms with Crippen LogP contribution in [-0.4, -0.2) is 57.1 Å². The van der Waals surface area contributed by atoms with E-state index in [-0.39, 0.29) is 24.3 Å². The number of piperidine rings is 1. The Bertz CT molecular complexity index is 1100. The summed E-state index contributed by atoms with van der Waals surface area (Å²) in [5, 5.41) is 2.83. The number of sulfonamides is 1. The highest BCUT2D eigenvalue weighted by atomic mass is 32.2. The zero-order valence-corrected chi connectivity index (χ0v) is 17.5. The number of methoxy groups -OCH3 is 1. The van der Waals surface area contributed by atoms with Gasteiger partial charge in [-0.2, -0.15) is 0 Å². The van der Waals surface area contributed by atoms with Crippen LogP contribution in [0.4, 0.5) is 5.69 Å². The summed E-state index contributed by atoms with van der Waals surface area (Å²) in [5.41, 5.74) is 2.67. The Morgan fingerprint density at radius 1 is 1.10 bits per heavy atom. The van der Waals surface area contributed by atoms with Crippen LogP contribution in [0.1, 0.15) is 23.2 Å². The first-order valence-corrected chi connectivity index (χ1v) is 11.5. The number of rotatable bonds is 4. The van der Waals surface area contributed by atoms with E-state index < -0.39 is 16.1 Å². The van der Waals surface area contributed by atoms with E-state index in [1.54, 1.807) is 24.1 Å². The van der Waals surface area contributed by atoms with Gasteiger partial charge < -0.3 is 15.0 Å². The zero-order chi connectivity index (χ0) is 21.5. The van der Waals surface area contributed by atoms with E-state index in [0.717, 1.165) is 23.1 Å². The van der Waals surface area contributed by atoms with Crippen LogP contribution in [0.25, 0.3) is 11.1 Å². The molecule has 158 valence electrons. The molecule has 2 aromatic rings. The minimum absolute atomic E-state index is 0.235. The number of benzene rings is 2. The Balaban J connectivity index is 1.63. The predicted molar refractivity (Wildman–Crippen MR) is 113 cm³/mol. The number of ether oxygens (including phenoxy) is 1. The molecule has 1 fully saturated rings. The van der Waals surface area contributed by atoms with Crippen molar-refractivity contribution in [3.05, 3.63) is 48.0 Å². The minimum Gasteiger partial charge on any atom is -0.497 e. The quantitative estimate of drug-likeness (QED) is 0.772. The maximum Gasteiger partial charge on any atom is 0.256 e. The molecular weight excluding hydrogens is 406 g/mol. The third-order valence-electron chi connectivity index (χ3n) is 5.48. The molecule has 4 rings (SSSR count). The summed E-state index contributed by atoms with van der Waals surface area (Å²) in [4.78, 5) is 27.6. The number of anilines is 1. The van der Waals surface area contributed by atoms with Gasteiger partial charge in [0.25, 0.3) is 5.91 Å². The summed E-state index contributed by atoms with van der Waals surface area (Å²) >= 11 is 0. The fourth-order valence-corrected chi connectivity index (χ4v) is 4.85. The van der Waals surface area contributed by atoms with E-state index in [2.05, 4.69) is 10.0 Å². The molecule has 2 amide bonds. The zero-order valence-electron chi connectivity index (χ0n) is 16.7. The Kier molecular flexibility index (Phi) is 5.25. The highest BCUT2D eigenvalue weighted by molar-refractivity contribution is 7.88. The Hall–Kier alpha value is -2.91. The van der Waals surface area contributed by atoms with Gasteiger partial charge in [-0.15, -0.1) is 0 Å². The van der Waals surface area contributed by atoms with E-state index >= 15 is 0 Å². The van der Waals surface area contributed by atoms with E-state index in [1.165, 1.54) is 0 Å². The lowest BCUT2D eigenvalue weighted by atomic mass is 9.96. The molecular formula is C21H23N3O5S. The summed E-state index contributed by atoms with van der Waals surface area (Å²) in [6.45, 7) is 0.302. The number of carbonyl (C=O) groups is 2. The van der Waals surface area contributed by atoms with Crippen molar-refractivity contribution in [2.75, 3.05) is 25.2 Å². The van der Waals surface area contributed by atoms with Crippen molar-refractivity contribution in [2.45, 2.75) is 24.9 Å². The van der Waals surface area contributed by atoms with Crippen molar-refractivity contribution < 1.29 is 22.7 Å². The number of hydrogen-bond donors (Lipinski definition) is 2. The van der Waals surface area contributed by atoms with Gasteiger partial charge in [0.15, 0.2) is 0 Å². The van der Waals surface area contributed by atoms with Crippen LogP contribution in [0.2, 0.25) is 0 Å². The standard InChI is InChI=1S/C21H23N3O5S/c1-29-16-6-3-13(4-7-16)14-5-8-18-17(11-14)21(26)24-10-9-15(23-30(2,27)28)12-19(24)20(25)22-18/h3-8,11,15,19,23H,9-10,12H2,1-2H3,(H,22,25)/t15-,19-/m0/s1. The van der Waals surface area contributed by atoms with Gasteiger partial charge in [0, 0.05) is 12.6 Å². The van der Waals surface area contributed by atoms with Crippen LogP contribution >= 0.6 is 0 Å². The maximum absolute atomic E-state index is 13.3. The van der Waals surface area contributed by atoms with Crippen molar-refractivity contribution in [1.82, 2.24) is 9.62 Å². The fourth-order valence-electron chi connectivity index (χ4n) is 4.03. The lowest BCUT2D eigenvalue weighted by molar-refractivity contribution is -0.121. The predicted octanol–water partition coefficient (Wildman–Crippen LogP) is 1.84. The Labute approximate surface area is 175 Å². The summed E-state index contributed by atoms with van der Waals surface area (Å²) < 4.78 is 30.9. The molecule has 2 aliphatic rings. The molecule has 2 atom stereocenters. The molecule has 1 saturated heterocycles. The SMILES string of the molecule is COc1ccc(-c2ccc3c(c2)C(=O)N2CC[C@H](NS(C)(=O)=O)C[C@H]2C(=O)N3)cc1. The van der Waals surface area contributed by atoms with Crippen molar-refractivity contribution in [1.29, 1.82) is 0 Å². The molecule has 0 saturated carbocycles. The van der Waals surface area contributed by atoms with E-state index in [0.29, 0.717) is 24.2 Å². The van der Waals surface area contributed by atoms with Crippen LogP contribution in [0.5, 0.6) is 5.75 Å². The van der Waals surface area contributed by atoms with Crippen LogP contribution in [-0.2, 0) is 14.8 Å². The second-order valence-electron chi connectivity index (χ2n) is 7.60. The smallest absolute Gasteiger partial charge is 0.256 e. The molecule has 0 radical (unpaired) electrons. The largest absolute Gasteiger partial charge is 0.497 e. The van der Waals surface area contributed by atoms with Crippen LogP contribution in [0, 0.1) is 0 Å². The summed E-state index contributed by atoms with van der Waals surface area (Å²) in [5.74, 6) is 0.200. The van der Waals surface area contributed by atoms with Gasteiger partial charge in [0.05, 0.1) is 24.6 Å². The molecule has 2 aromatic carbocycles. The van der Waals surface area contributed by atoms with Crippen molar-refractivity contribution in [2.24, 2.45) is 0 Å². The van der Waals surface area contributed by atoms with Crippen LogP contribution < -0.4 is 14.8 Å². The normalized spacial score (nSPS) is 21.3. The molecule has 0 aromatic heterocycles. The first kappa shape index (κ1) is 20.4. The van der Waals surface area contributed by atoms with Gasteiger partial charge in [-0.05, 0) is 48.2 Å². The number of carbonyl (C=O) groups excluding carboxylic acids is 2. The topological polar surface area (TPSA) is 105 Å². The molecule has 2 N–H and O–H groups in total. The van der Waals surface area contributed by atoms with Gasteiger partial charge in [0.2, 0.25) is 15.9 Å². The Morgan fingerprint density at radius 2 is 1.80 bits per heavy atom. The number of hydrogen-bond acceptors (Lipinski definition) is 5. The fraction of sp³-hybridized carbons (Fsp3) is 0.333. The third-order valence-corrected chi connectivity index (χ3v) is 6.24. The molecule has 0 spiro atoms. The molecule has 2 heterocycles. The average Bonchev–Trinajstić information content (AvgIpc) is 2.81. The number of amides is 2. The second-order valence-corrected chi connectivity index (χ2v) is 9.38. The molecule has 9 heteroatoms. The van der Waals surface area contributed by atoms with Gasteiger partial charge >= 0.3 is 0 Å². The lowest BCUT2D eigenvalue weighted by Gasteiger charge is -2.37. The maximum atomic E-state index is 13.3. The molecule has 0 aliphatic carbocycles. The van der Waals surface area contributed by atoms with Crippen LogP contribution in [0.15, 0.2) is 42.5 Å². The molecule has 30 heavy (non-hydrogen) atoms. The van der Waals surface area contributed by atoms with Gasteiger partial charge in [0.1, 0.15) is 11.8 Å². The van der Waals surface area contributed by atoms with Crippen LogP contribution in [0.3, 0.4) is 0 Å². The van der Waals surface area contributed by atoms with Crippen molar-refractivity contribution >= 4 is 27.5 Å². The number of nitrogens with one attached hydrogen (secondary N) is 2. The third kappa shape index (κ3) is 4.03. The molecule has 0 unspecified atom stereocenters. The molecule has 2 aliphatic heterocycles. The minimum atomic E-state index is -3.39. The average molecular weight is 429 g/mol. The van der Waals surface area contributed by atoms with Gasteiger partial charge in [-0.3, -0.25) is 9.59 Å². The van der Waals surface area contributed by atoms with E-state index in [4.69, 9.17) is 4.74 Å². The first-order chi connectivity index (χ1) is 14.2. The van der Waals surface area contributed by atoms with E-state index in [9.17, 15) is 18.0 Å². The van der Waals surface area contributed by atoms with Crippen molar-refractivity contribution in [3.8, 4) is 16.9 Å². The molecule has 8 nitrogen and oxygen atoms in total. The second kappa shape index (κ2) is 7.73.